The molecule has 1 fully saturated rings. The first-order chi connectivity index (χ1) is 11.3. The Morgan fingerprint density at radius 3 is 2.91 bits per heavy atom. The number of rotatable bonds is 2. The van der Waals surface area contributed by atoms with Crippen LogP contribution in [-0.4, -0.2) is 21.5 Å². The van der Waals surface area contributed by atoms with Crippen molar-refractivity contribution in [2.45, 2.75) is 51.0 Å². The maximum absolute atomic E-state index is 12.1. The van der Waals surface area contributed by atoms with Gasteiger partial charge in [0, 0.05) is 35.5 Å². The van der Waals surface area contributed by atoms with Gasteiger partial charge in [0.25, 0.3) is 5.56 Å². The van der Waals surface area contributed by atoms with Gasteiger partial charge in [0.2, 0.25) is 0 Å². The third kappa shape index (κ3) is 2.18. The summed E-state index contributed by atoms with van der Waals surface area (Å²) in [4.78, 5) is 27.0. The van der Waals surface area contributed by atoms with Crippen molar-refractivity contribution in [1.29, 1.82) is 0 Å². The highest BCUT2D eigenvalue weighted by Crippen LogP contribution is 2.41. The molecule has 3 aliphatic rings. The molecule has 0 bridgehead atoms. The second-order valence-electron chi connectivity index (χ2n) is 6.94. The lowest BCUT2D eigenvalue weighted by Gasteiger charge is -2.30. The first-order valence-electron chi connectivity index (χ1n) is 8.63. The second kappa shape index (κ2) is 4.91. The van der Waals surface area contributed by atoms with Crippen molar-refractivity contribution in [1.82, 2.24) is 15.0 Å². The molecule has 2 aromatic rings. The first-order valence-corrected chi connectivity index (χ1v) is 8.63. The number of fused-ring (bicyclic) bond motifs is 2. The highest BCUT2D eigenvalue weighted by molar-refractivity contribution is 5.53. The predicted octanol–water partition coefficient (Wildman–Crippen LogP) is 2.09. The molecule has 1 saturated carbocycles. The van der Waals surface area contributed by atoms with Crippen LogP contribution in [-0.2, 0) is 25.8 Å². The summed E-state index contributed by atoms with van der Waals surface area (Å²) in [7, 11) is 0. The molecule has 0 aromatic carbocycles. The first kappa shape index (κ1) is 13.3. The maximum atomic E-state index is 12.1. The lowest BCUT2D eigenvalue weighted by atomic mass is 10.0. The summed E-state index contributed by atoms with van der Waals surface area (Å²) in [5.74, 6) is 2.71. The van der Waals surface area contributed by atoms with E-state index in [0.29, 0.717) is 12.5 Å². The zero-order valence-electron chi connectivity index (χ0n) is 13.1. The minimum Gasteiger partial charge on any atom is -0.351 e. The molecule has 0 unspecified atom stereocenters. The molecule has 118 valence electrons. The Hall–Kier alpha value is -2.17. The number of aryl methyl sites for hydroxylation is 1. The van der Waals surface area contributed by atoms with Crippen LogP contribution in [0.25, 0.3) is 0 Å². The van der Waals surface area contributed by atoms with Gasteiger partial charge in [0.1, 0.15) is 11.6 Å². The molecule has 3 heterocycles. The van der Waals surface area contributed by atoms with Crippen molar-refractivity contribution >= 4 is 5.82 Å². The van der Waals surface area contributed by atoms with E-state index in [1.54, 1.807) is 6.20 Å². The van der Waals surface area contributed by atoms with Crippen LogP contribution in [0.4, 0.5) is 5.82 Å². The van der Waals surface area contributed by atoms with Crippen molar-refractivity contribution in [3.05, 3.63) is 50.8 Å². The lowest BCUT2D eigenvalue weighted by molar-refractivity contribution is 0.699. The Morgan fingerprint density at radius 1 is 1.13 bits per heavy atom. The second-order valence-corrected chi connectivity index (χ2v) is 6.94. The van der Waals surface area contributed by atoms with Gasteiger partial charge in [-0.3, -0.25) is 4.79 Å². The maximum Gasteiger partial charge on any atom is 0.253 e. The number of H-pyrrole nitrogens is 1. The summed E-state index contributed by atoms with van der Waals surface area (Å²) in [5.41, 5.74) is 4.70. The van der Waals surface area contributed by atoms with Crippen LogP contribution >= 0.6 is 0 Å². The molecule has 0 spiro atoms. The summed E-state index contributed by atoms with van der Waals surface area (Å²) >= 11 is 0. The van der Waals surface area contributed by atoms with Gasteiger partial charge in [0.05, 0.1) is 6.54 Å². The van der Waals surface area contributed by atoms with E-state index in [4.69, 9.17) is 9.97 Å². The zero-order valence-corrected chi connectivity index (χ0v) is 13.1. The molecule has 23 heavy (non-hydrogen) atoms. The van der Waals surface area contributed by atoms with E-state index < -0.39 is 0 Å². The molecular weight excluding hydrogens is 288 g/mol. The number of aromatic nitrogens is 3. The van der Waals surface area contributed by atoms with Gasteiger partial charge in [-0.15, -0.1) is 0 Å². The quantitative estimate of drug-likeness (QED) is 0.923. The minimum absolute atomic E-state index is 0.0420. The van der Waals surface area contributed by atoms with Crippen molar-refractivity contribution in [3.8, 4) is 0 Å². The molecule has 5 nitrogen and oxygen atoms in total. The number of nitrogens with one attached hydrogen (secondary N) is 1. The number of pyridine rings is 1. The van der Waals surface area contributed by atoms with Crippen molar-refractivity contribution in [2.24, 2.45) is 0 Å². The van der Waals surface area contributed by atoms with Gasteiger partial charge in [-0.25, -0.2) is 9.97 Å². The Balaban J connectivity index is 1.57. The average molecular weight is 308 g/mol. The Morgan fingerprint density at radius 2 is 2.04 bits per heavy atom. The third-order valence-electron chi connectivity index (χ3n) is 5.33. The topological polar surface area (TPSA) is 61.9 Å². The van der Waals surface area contributed by atoms with Crippen LogP contribution in [0.2, 0.25) is 0 Å². The predicted molar refractivity (Wildman–Crippen MR) is 87.8 cm³/mol. The molecule has 1 N–H and O–H groups in total. The highest BCUT2D eigenvalue weighted by atomic mass is 16.1. The van der Waals surface area contributed by atoms with Crippen LogP contribution in [0.5, 0.6) is 0 Å². The summed E-state index contributed by atoms with van der Waals surface area (Å²) < 4.78 is 0. The summed E-state index contributed by atoms with van der Waals surface area (Å²) in [5, 5.41) is 0. The van der Waals surface area contributed by atoms with Crippen molar-refractivity contribution in [2.75, 3.05) is 11.4 Å². The summed E-state index contributed by atoms with van der Waals surface area (Å²) in [6.07, 6.45) is 8.44. The van der Waals surface area contributed by atoms with E-state index in [0.717, 1.165) is 43.0 Å². The van der Waals surface area contributed by atoms with Gasteiger partial charge in [-0.05, 0) is 50.2 Å². The Kier molecular flexibility index (Phi) is 2.84. The molecule has 5 rings (SSSR count). The number of aromatic amines is 1. The summed E-state index contributed by atoms with van der Waals surface area (Å²) in [6, 6.07) is 2.04. The molecule has 0 radical (unpaired) electrons. The minimum atomic E-state index is 0.0420. The monoisotopic (exact) mass is 308 g/mol. The van der Waals surface area contributed by atoms with Crippen LogP contribution < -0.4 is 10.5 Å². The van der Waals surface area contributed by atoms with Gasteiger partial charge in [-0.1, -0.05) is 0 Å². The number of hydrogen-bond donors (Lipinski definition) is 1. The average Bonchev–Trinajstić information content (AvgIpc) is 3.32. The molecule has 0 amide bonds. The molecule has 1 aliphatic heterocycles. The van der Waals surface area contributed by atoms with E-state index in [-0.39, 0.29) is 5.56 Å². The van der Waals surface area contributed by atoms with Crippen molar-refractivity contribution in [3.63, 3.8) is 0 Å². The number of anilines is 1. The highest BCUT2D eigenvalue weighted by Gasteiger charge is 2.31. The van der Waals surface area contributed by atoms with Crippen molar-refractivity contribution < 1.29 is 0 Å². The van der Waals surface area contributed by atoms with E-state index in [2.05, 4.69) is 9.88 Å². The molecule has 2 aliphatic carbocycles. The largest absolute Gasteiger partial charge is 0.351 e. The number of hydrogen-bond acceptors (Lipinski definition) is 4. The fourth-order valence-electron chi connectivity index (χ4n) is 3.88. The number of nitrogens with zero attached hydrogens (tertiary/aromatic N) is 3. The van der Waals surface area contributed by atoms with Crippen LogP contribution in [0.3, 0.4) is 0 Å². The molecule has 5 heteroatoms. The SMILES string of the molecule is O=c1[nH]ccc2c1CN(c1nc(C3CC3)nc3c1CCC3)CC2. The van der Waals surface area contributed by atoms with Crippen LogP contribution in [0.15, 0.2) is 17.1 Å². The fourth-order valence-corrected chi connectivity index (χ4v) is 3.88. The normalized spacial score (nSPS) is 19.6. The molecular formula is C18H20N4O. The third-order valence-corrected chi connectivity index (χ3v) is 5.33. The van der Waals surface area contributed by atoms with E-state index >= 15 is 0 Å². The van der Waals surface area contributed by atoms with E-state index in [1.165, 1.54) is 36.1 Å². The standard InChI is InChI=1S/C18H20N4O/c23-18-14-10-22(9-7-11(14)6-8-19-18)17-13-2-1-3-15(13)20-16(21-17)12-4-5-12/h6,8,12H,1-5,7,9-10H2,(H,19,23). The van der Waals surface area contributed by atoms with Gasteiger partial charge in [0.15, 0.2) is 0 Å². The van der Waals surface area contributed by atoms with Gasteiger partial charge < -0.3 is 9.88 Å². The Bertz CT molecular complexity index is 837. The Labute approximate surface area is 134 Å². The van der Waals surface area contributed by atoms with E-state index in [9.17, 15) is 4.79 Å². The van der Waals surface area contributed by atoms with Gasteiger partial charge >= 0.3 is 0 Å². The molecule has 2 aromatic heterocycles. The smallest absolute Gasteiger partial charge is 0.253 e. The van der Waals surface area contributed by atoms with Crippen LogP contribution in [0, 0.1) is 0 Å². The molecule has 0 saturated heterocycles. The van der Waals surface area contributed by atoms with E-state index in [1.807, 2.05) is 6.07 Å². The molecule has 0 atom stereocenters. The zero-order chi connectivity index (χ0) is 15.4. The fraction of sp³-hybridized carbons (Fsp3) is 0.500. The summed E-state index contributed by atoms with van der Waals surface area (Å²) in [6.45, 7) is 1.60. The van der Waals surface area contributed by atoms with Crippen LogP contribution in [0.1, 0.15) is 53.4 Å². The lowest BCUT2D eigenvalue weighted by Crippen LogP contribution is -2.36. The van der Waals surface area contributed by atoms with Gasteiger partial charge in [-0.2, -0.15) is 0 Å².